The van der Waals surface area contributed by atoms with E-state index in [9.17, 15) is 8.42 Å². The molecule has 0 saturated heterocycles. The monoisotopic (exact) mass is 312 g/mol. The first-order chi connectivity index (χ1) is 9.94. The summed E-state index contributed by atoms with van der Waals surface area (Å²) in [4.78, 5) is 0. The van der Waals surface area contributed by atoms with Crippen LogP contribution in [-0.4, -0.2) is 30.5 Å². The van der Waals surface area contributed by atoms with Gasteiger partial charge in [-0.3, -0.25) is 0 Å². The molecule has 1 atom stereocenters. The zero-order chi connectivity index (χ0) is 15.5. The molecule has 1 heterocycles. The molecule has 2 rings (SSSR count). The van der Waals surface area contributed by atoms with Crippen molar-refractivity contribution < 1.29 is 8.42 Å². The van der Waals surface area contributed by atoms with Gasteiger partial charge in [-0.1, -0.05) is 6.92 Å². The molecule has 0 aliphatic heterocycles. The minimum absolute atomic E-state index is 0.218. The summed E-state index contributed by atoms with van der Waals surface area (Å²) in [6.45, 7) is 7.25. The zero-order valence-electron chi connectivity index (χ0n) is 13.4. The molecule has 1 aromatic heterocycles. The molecule has 1 N–H and O–H groups in total. The number of sulfone groups is 1. The maximum Gasteiger partial charge on any atom is 0.154 e. The van der Waals surface area contributed by atoms with E-state index in [1.165, 1.54) is 18.4 Å². The minimum Gasteiger partial charge on any atom is -0.353 e. The summed E-state index contributed by atoms with van der Waals surface area (Å²) >= 11 is 0. The van der Waals surface area contributed by atoms with E-state index in [0.29, 0.717) is 12.6 Å². The summed E-state index contributed by atoms with van der Waals surface area (Å²) in [5, 5.41) is 3.33. The maximum atomic E-state index is 11.9. The highest BCUT2D eigenvalue weighted by molar-refractivity contribution is 7.91. The van der Waals surface area contributed by atoms with Crippen LogP contribution in [0.3, 0.4) is 0 Å². The Labute approximate surface area is 128 Å². The Kier molecular flexibility index (Phi) is 5.49. The average molecular weight is 312 g/mol. The highest BCUT2D eigenvalue weighted by Crippen LogP contribution is 2.41. The molecular weight excluding hydrogens is 284 g/mol. The lowest BCUT2D eigenvalue weighted by Crippen LogP contribution is -2.23. The first-order valence-electron chi connectivity index (χ1n) is 8.04. The van der Waals surface area contributed by atoms with Crippen molar-refractivity contribution >= 4 is 9.84 Å². The Morgan fingerprint density at radius 1 is 1.38 bits per heavy atom. The molecule has 1 aromatic rings. The van der Waals surface area contributed by atoms with Gasteiger partial charge in [0.05, 0.1) is 11.0 Å². The van der Waals surface area contributed by atoms with Gasteiger partial charge in [0.25, 0.3) is 0 Å². The number of aryl methyl sites for hydroxylation is 1. The van der Waals surface area contributed by atoms with Crippen molar-refractivity contribution in [2.45, 2.75) is 57.9 Å². The molecule has 1 aliphatic carbocycles. The zero-order valence-corrected chi connectivity index (χ0v) is 14.2. The van der Waals surface area contributed by atoms with E-state index in [-0.39, 0.29) is 11.0 Å². The molecule has 0 spiro atoms. The molecule has 0 bridgehead atoms. The molecule has 120 valence electrons. The molecule has 0 aromatic carbocycles. The van der Waals surface area contributed by atoms with E-state index in [1.54, 1.807) is 13.8 Å². The summed E-state index contributed by atoms with van der Waals surface area (Å²) in [5.74, 6) is 0.974. The van der Waals surface area contributed by atoms with Crippen LogP contribution >= 0.6 is 0 Å². The lowest BCUT2D eigenvalue weighted by Gasteiger charge is -2.16. The second kappa shape index (κ2) is 6.97. The van der Waals surface area contributed by atoms with Gasteiger partial charge in [-0.25, -0.2) is 8.42 Å². The third-order valence-electron chi connectivity index (χ3n) is 4.19. The summed E-state index contributed by atoms with van der Waals surface area (Å²) in [6, 6.07) is 2.57. The molecule has 1 saturated carbocycles. The number of rotatable bonds is 9. The van der Waals surface area contributed by atoms with Crippen LogP contribution in [0.1, 0.15) is 51.6 Å². The van der Waals surface area contributed by atoms with E-state index in [4.69, 9.17) is 0 Å². The third kappa shape index (κ3) is 4.58. The fraction of sp³-hybridized carbons (Fsp3) is 0.750. The Morgan fingerprint density at radius 3 is 2.67 bits per heavy atom. The second-order valence-electron chi connectivity index (χ2n) is 6.37. The highest BCUT2D eigenvalue weighted by atomic mass is 32.2. The largest absolute Gasteiger partial charge is 0.353 e. The highest BCUT2D eigenvalue weighted by Gasteiger charge is 2.32. The van der Waals surface area contributed by atoms with Gasteiger partial charge in [-0.15, -0.1) is 0 Å². The van der Waals surface area contributed by atoms with Crippen LogP contribution in [-0.2, 0) is 16.4 Å². The Bertz CT molecular complexity index is 544. The first kappa shape index (κ1) is 16.6. The van der Waals surface area contributed by atoms with E-state index in [0.717, 1.165) is 18.9 Å². The van der Waals surface area contributed by atoms with Gasteiger partial charge < -0.3 is 9.88 Å². The molecule has 1 unspecified atom stereocenters. The van der Waals surface area contributed by atoms with Gasteiger partial charge in [0, 0.05) is 25.0 Å². The van der Waals surface area contributed by atoms with Crippen LogP contribution in [0.5, 0.6) is 0 Å². The molecule has 4 nitrogen and oxygen atoms in total. The van der Waals surface area contributed by atoms with Crippen molar-refractivity contribution in [2.24, 2.45) is 5.92 Å². The summed E-state index contributed by atoms with van der Waals surface area (Å²) in [5.41, 5.74) is 1.30. The van der Waals surface area contributed by atoms with E-state index in [1.807, 2.05) is 10.8 Å². The van der Waals surface area contributed by atoms with Gasteiger partial charge in [0.1, 0.15) is 0 Å². The van der Waals surface area contributed by atoms with Crippen LogP contribution in [0.4, 0.5) is 0 Å². The number of hydrogen-bond donors (Lipinski definition) is 1. The lowest BCUT2D eigenvalue weighted by molar-refractivity contribution is 0.480. The summed E-state index contributed by atoms with van der Waals surface area (Å²) in [7, 11) is -2.96. The Morgan fingerprint density at radius 2 is 2.10 bits per heavy atom. The smallest absolute Gasteiger partial charge is 0.154 e. The third-order valence-corrected chi connectivity index (χ3v) is 6.38. The van der Waals surface area contributed by atoms with Crippen LogP contribution < -0.4 is 5.32 Å². The molecule has 0 radical (unpaired) electrons. The fourth-order valence-corrected chi connectivity index (χ4v) is 3.47. The fourth-order valence-electron chi connectivity index (χ4n) is 2.54. The van der Waals surface area contributed by atoms with E-state index < -0.39 is 9.84 Å². The SMILES string of the molecule is CCCNC(c1ccn(CCS(=O)(=O)C(C)C)c1)C1CC1. The van der Waals surface area contributed by atoms with Crippen LogP contribution in [0.15, 0.2) is 18.5 Å². The van der Waals surface area contributed by atoms with Gasteiger partial charge in [-0.05, 0) is 57.2 Å². The predicted molar refractivity (Wildman–Crippen MR) is 87.1 cm³/mol. The van der Waals surface area contributed by atoms with Crippen LogP contribution in [0.25, 0.3) is 0 Å². The van der Waals surface area contributed by atoms with Crippen molar-refractivity contribution in [3.05, 3.63) is 24.0 Å². The Balaban J connectivity index is 1.96. The quantitative estimate of drug-likeness (QED) is 0.763. The van der Waals surface area contributed by atoms with Crippen molar-refractivity contribution in [3.63, 3.8) is 0 Å². The standard InChI is InChI=1S/C16H28N2O2S/c1-4-8-17-16(14-5-6-14)15-7-9-18(12-15)10-11-21(19,20)13(2)3/h7,9,12-14,16-17H,4-6,8,10-11H2,1-3H3. The van der Waals surface area contributed by atoms with Crippen LogP contribution in [0.2, 0.25) is 0 Å². The van der Waals surface area contributed by atoms with E-state index in [2.05, 4.69) is 24.5 Å². The minimum atomic E-state index is -2.96. The molecule has 0 amide bonds. The average Bonchev–Trinajstić information content (AvgIpc) is 3.15. The second-order valence-corrected chi connectivity index (χ2v) is 9.04. The maximum absolute atomic E-state index is 11.9. The van der Waals surface area contributed by atoms with Gasteiger partial charge in [0.15, 0.2) is 9.84 Å². The predicted octanol–water partition coefficient (Wildman–Crippen LogP) is 2.76. The summed E-state index contributed by atoms with van der Waals surface area (Å²) < 4.78 is 25.8. The first-order valence-corrected chi connectivity index (χ1v) is 9.76. The Hall–Kier alpha value is -0.810. The van der Waals surface area contributed by atoms with Crippen molar-refractivity contribution in [2.75, 3.05) is 12.3 Å². The number of nitrogens with zero attached hydrogens (tertiary/aromatic N) is 1. The summed E-state index contributed by atoms with van der Waals surface area (Å²) in [6.07, 6.45) is 7.86. The van der Waals surface area contributed by atoms with Gasteiger partial charge >= 0.3 is 0 Å². The molecule has 1 fully saturated rings. The lowest BCUT2D eigenvalue weighted by atomic mass is 10.1. The van der Waals surface area contributed by atoms with Crippen molar-refractivity contribution in [3.8, 4) is 0 Å². The van der Waals surface area contributed by atoms with Crippen molar-refractivity contribution in [1.29, 1.82) is 0 Å². The molecular formula is C16H28N2O2S. The van der Waals surface area contributed by atoms with Crippen molar-refractivity contribution in [1.82, 2.24) is 9.88 Å². The van der Waals surface area contributed by atoms with E-state index >= 15 is 0 Å². The van der Waals surface area contributed by atoms with Gasteiger partial charge in [-0.2, -0.15) is 0 Å². The normalized spacial score (nSPS) is 17.3. The van der Waals surface area contributed by atoms with Gasteiger partial charge in [0.2, 0.25) is 0 Å². The number of nitrogens with one attached hydrogen (secondary N) is 1. The van der Waals surface area contributed by atoms with Crippen LogP contribution in [0, 0.1) is 5.92 Å². The molecule has 1 aliphatic rings. The number of aromatic nitrogens is 1. The molecule has 5 heteroatoms. The molecule has 21 heavy (non-hydrogen) atoms. The number of hydrogen-bond acceptors (Lipinski definition) is 3. The topological polar surface area (TPSA) is 51.1 Å².